The standard InChI is InChI=1S/C13H22N2O/c1-9(2)12(7-14)13(16)15-8-11-5-4-10(3)6-11/h9-12H,4-6,8H2,1-3H3,(H,15,16). The lowest BCUT2D eigenvalue weighted by Gasteiger charge is -2.15. The lowest BCUT2D eigenvalue weighted by atomic mass is 9.96. The third kappa shape index (κ3) is 3.52. The van der Waals surface area contributed by atoms with E-state index in [1.807, 2.05) is 13.8 Å². The van der Waals surface area contributed by atoms with Gasteiger partial charge in [0.25, 0.3) is 0 Å². The molecular formula is C13H22N2O. The molecule has 0 aliphatic heterocycles. The monoisotopic (exact) mass is 222 g/mol. The Bertz CT molecular complexity index is 280. The van der Waals surface area contributed by atoms with Gasteiger partial charge in [-0.15, -0.1) is 0 Å². The van der Waals surface area contributed by atoms with Crippen molar-refractivity contribution in [2.45, 2.75) is 40.0 Å². The first-order valence-electron chi connectivity index (χ1n) is 6.22. The molecule has 1 rings (SSSR count). The molecule has 16 heavy (non-hydrogen) atoms. The lowest BCUT2D eigenvalue weighted by molar-refractivity contribution is -0.124. The molecule has 0 radical (unpaired) electrons. The fourth-order valence-electron chi connectivity index (χ4n) is 2.38. The van der Waals surface area contributed by atoms with Crippen molar-refractivity contribution in [2.24, 2.45) is 23.7 Å². The van der Waals surface area contributed by atoms with Crippen LogP contribution in [0.3, 0.4) is 0 Å². The Hall–Kier alpha value is -1.04. The smallest absolute Gasteiger partial charge is 0.237 e. The molecule has 90 valence electrons. The second-order valence-corrected chi connectivity index (χ2v) is 5.38. The van der Waals surface area contributed by atoms with E-state index < -0.39 is 5.92 Å². The van der Waals surface area contributed by atoms with Crippen molar-refractivity contribution < 1.29 is 4.79 Å². The number of hydrogen-bond donors (Lipinski definition) is 1. The fraction of sp³-hybridized carbons (Fsp3) is 0.846. The maximum absolute atomic E-state index is 11.7. The van der Waals surface area contributed by atoms with Crippen molar-refractivity contribution in [3.05, 3.63) is 0 Å². The normalized spacial score (nSPS) is 26.4. The summed E-state index contributed by atoms with van der Waals surface area (Å²) in [6, 6.07) is 2.07. The Labute approximate surface area is 98.2 Å². The molecule has 0 aromatic heterocycles. The third-order valence-corrected chi connectivity index (χ3v) is 3.46. The summed E-state index contributed by atoms with van der Waals surface area (Å²) in [4.78, 5) is 11.7. The Morgan fingerprint density at radius 1 is 1.50 bits per heavy atom. The highest BCUT2D eigenvalue weighted by Gasteiger charge is 2.25. The second-order valence-electron chi connectivity index (χ2n) is 5.38. The van der Waals surface area contributed by atoms with Crippen molar-refractivity contribution in [2.75, 3.05) is 6.54 Å². The molecular weight excluding hydrogens is 200 g/mol. The molecule has 0 aromatic carbocycles. The summed E-state index contributed by atoms with van der Waals surface area (Å²) in [6.07, 6.45) is 3.69. The van der Waals surface area contributed by atoms with Crippen molar-refractivity contribution in [3.8, 4) is 6.07 Å². The summed E-state index contributed by atoms with van der Waals surface area (Å²) >= 11 is 0. The number of carbonyl (C=O) groups excluding carboxylic acids is 1. The predicted octanol–water partition coefficient (Wildman–Crippen LogP) is 2.33. The maximum Gasteiger partial charge on any atom is 0.237 e. The van der Waals surface area contributed by atoms with Crippen molar-refractivity contribution in [1.29, 1.82) is 5.26 Å². The third-order valence-electron chi connectivity index (χ3n) is 3.46. The van der Waals surface area contributed by atoms with E-state index in [2.05, 4.69) is 18.3 Å². The SMILES string of the molecule is CC1CCC(CNC(=O)C(C#N)C(C)C)C1. The van der Waals surface area contributed by atoms with Crippen LogP contribution in [0.1, 0.15) is 40.0 Å². The van der Waals surface area contributed by atoms with E-state index in [0.717, 1.165) is 12.5 Å². The van der Waals surface area contributed by atoms with Crippen molar-refractivity contribution >= 4 is 5.91 Å². The first kappa shape index (κ1) is 13.0. The molecule has 1 fully saturated rings. The van der Waals surface area contributed by atoms with E-state index in [9.17, 15) is 4.79 Å². The summed E-state index contributed by atoms with van der Waals surface area (Å²) in [6.45, 7) is 6.82. The first-order chi connectivity index (χ1) is 7.54. The minimum Gasteiger partial charge on any atom is -0.355 e. The Balaban J connectivity index is 2.32. The van der Waals surface area contributed by atoms with E-state index in [1.165, 1.54) is 19.3 Å². The molecule has 3 heteroatoms. The summed E-state index contributed by atoms with van der Waals surface area (Å²) < 4.78 is 0. The minimum atomic E-state index is -0.501. The van der Waals surface area contributed by atoms with Crippen LogP contribution in [0, 0.1) is 35.0 Å². The van der Waals surface area contributed by atoms with Gasteiger partial charge in [-0.3, -0.25) is 4.79 Å². The first-order valence-corrected chi connectivity index (χ1v) is 6.22. The van der Waals surface area contributed by atoms with Gasteiger partial charge in [-0.05, 0) is 30.6 Å². The van der Waals surface area contributed by atoms with Crippen LogP contribution in [0.2, 0.25) is 0 Å². The van der Waals surface area contributed by atoms with Crippen LogP contribution in [0.5, 0.6) is 0 Å². The number of rotatable bonds is 4. The van der Waals surface area contributed by atoms with Gasteiger partial charge in [0, 0.05) is 6.54 Å². The van der Waals surface area contributed by atoms with Crippen LogP contribution in [0.4, 0.5) is 0 Å². The summed E-state index contributed by atoms with van der Waals surface area (Å²) in [5, 5.41) is 11.8. The number of nitrogens with zero attached hydrogens (tertiary/aromatic N) is 1. The molecule has 3 nitrogen and oxygen atoms in total. The van der Waals surface area contributed by atoms with Gasteiger partial charge in [0.05, 0.1) is 6.07 Å². The molecule has 3 unspecified atom stereocenters. The van der Waals surface area contributed by atoms with Gasteiger partial charge in [0.2, 0.25) is 5.91 Å². The van der Waals surface area contributed by atoms with E-state index in [-0.39, 0.29) is 11.8 Å². The highest BCUT2D eigenvalue weighted by Crippen LogP contribution is 2.29. The van der Waals surface area contributed by atoms with Gasteiger partial charge < -0.3 is 5.32 Å². The van der Waals surface area contributed by atoms with E-state index in [4.69, 9.17) is 5.26 Å². The predicted molar refractivity (Wildman–Crippen MR) is 63.5 cm³/mol. The van der Waals surface area contributed by atoms with Crippen LogP contribution in [0.25, 0.3) is 0 Å². The highest BCUT2D eigenvalue weighted by molar-refractivity contribution is 5.81. The molecule has 1 aliphatic carbocycles. The molecule has 0 aromatic rings. The van der Waals surface area contributed by atoms with Crippen LogP contribution in [0.15, 0.2) is 0 Å². The lowest BCUT2D eigenvalue weighted by Crippen LogP contribution is -2.35. The number of hydrogen-bond acceptors (Lipinski definition) is 2. The molecule has 0 heterocycles. The molecule has 1 amide bonds. The minimum absolute atomic E-state index is 0.0903. The average Bonchev–Trinajstić information content (AvgIpc) is 2.62. The molecule has 3 atom stereocenters. The van der Waals surface area contributed by atoms with Gasteiger partial charge in [-0.2, -0.15) is 5.26 Å². The van der Waals surface area contributed by atoms with Crippen LogP contribution in [-0.4, -0.2) is 12.5 Å². The van der Waals surface area contributed by atoms with E-state index in [1.54, 1.807) is 0 Å². The van der Waals surface area contributed by atoms with E-state index in [0.29, 0.717) is 5.92 Å². The Morgan fingerprint density at radius 3 is 2.62 bits per heavy atom. The van der Waals surface area contributed by atoms with Gasteiger partial charge in [0.1, 0.15) is 5.92 Å². The molecule has 1 saturated carbocycles. The second kappa shape index (κ2) is 5.89. The molecule has 0 spiro atoms. The van der Waals surface area contributed by atoms with Gasteiger partial charge in [-0.1, -0.05) is 27.2 Å². The molecule has 1 aliphatic rings. The van der Waals surface area contributed by atoms with Gasteiger partial charge in [-0.25, -0.2) is 0 Å². The van der Waals surface area contributed by atoms with Crippen LogP contribution >= 0.6 is 0 Å². The molecule has 0 saturated heterocycles. The van der Waals surface area contributed by atoms with Crippen molar-refractivity contribution in [3.63, 3.8) is 0 Å². The van der Waals surface area contributed by atoms with E-state index >= 15 is 0 Å². The molecule has 1 N–H and O–H groups in total. The molecule has 0 bridgehead atoms. The Morgan fingerprint density at radius 2 is 2.19 bits per heavy atom. The zero-order valence-electron chi connectivity index (χ0n) is 10.5. The zero-order valence-corrected chi connectivity index (χ0v) is 10.5. The van der Waals surface area contributed by atoms with Crippen molar-refractivity contribution in [1.82, 2.24) is 5.32 Å². The number of nitriles is 1. The zero-order chi connectivity index (χ0) is 12.1. The number of nitrogens with one attached hydrogen (secondary N) is 1. The Kier molecular flexibility index (Phi) is 4.79. The largest absolute Gasteiger partial charge is 0.355 e. The fourth-order valence-corrected chi connectivity index (χ4v) is 2.38. The number of amides is 1. The average molecular weight is 222 g/mol. The number of carbonyl (C=O) groups is 1. The highest BCUT2D eigenvalue weighted by atomic mass is 16.1. The quantitative estimate of drug-likeness (QED) is 0.793. The van der Waals surface area contributed by atoms with Crippen LogP contribution in [-0.2, 0) is 4.79 Å². The van der Waals surface area contributed by atoms with Gasteiger partial charge in [0.15, 0.2) is 0 Å². The maximum atomic E-state index is 11.7. The van der Waals surface area contributed by atoms with Gasteiger partial charge >= 0.3 is 0 Å². The summed E-state index contributed by atoms with van der Waals surface area (Å²) in [5.41, 5.74) is 0. The summed E-state index contributed by atoms with van der Waals surface area (Å²) in [7, 11) is 0. The summed E-state index contributed by atoms with van der Waals surface area (Å²) in [5.74, 6) is 0.896. The topological polar surface area (TPSA) is 52.9 Å². The van der Waals surface area contributed by atoms with Crippen LogP contribution < -0.4 is 5.32 Å².